The van der Waals surface area contributed by atoms with E-state index in [0.29, 0.717) is 16.6 Å². The van der Waals surface area contributed by atoms with Crippen LogP contribution in [0.2, 0.25) is 0 Å². The molecule has 0 atom stereocenters. The molecule has 1 aromatic heterocycles. The number of unbranched alkanes of at least 4 members (excludes halogenated alkanes) is 2. The van der Waals surface area contributed by atoms with Gasteiger partial charge < -0.3 is 11.1 Å². The number of aromatic nitrogens is 2. The van der Waals surface area contributed by atoms with Crippen molar-refractivity contribution in [2.45, 2.75) is 19.3 Å². The van der Waals surface area contributed by atoms with Gasteiger partial charge in [-0.15, -0.1) is 0 Å². The normalized spacial score (nSPS) is 10.2. The van der Waals surface area contributed by atoms with E-state index < -0.39 is 0 Å². The van der Waals surface area contributed by atoms with E-state index in [1.165, 1.54) is 18.6 Å². The van der Waals surface area contributed by atoms with E-state index in [0.717, 1.165) is 13.0 Å². The average Bonchev–Trinajstić information content (AvgIpc) is 2.34. The summed E-state index contributed by atoms with van der Waals surface area (Å²) < 4.78 is 0. The van der Waals surface area contributed by atoms with Crippen LogP contribution in [0.25, 0.3) is 0 Å². The summed E-state index contributed by atoms with van der Waals surface area (Å²) in [7, 11) is 0. The second-order valence-electron chi connectivity index (χ2n) is 3.61. The van der Waals surface area contributed by atoms with Crippen molar-refractivity contribution in [3.05, 3.63) is 18.0 Å². The van der Waals surface area contributed by atoms with Crippen LogP contribution < -0.4 is 11.1 Å². The van der Waals surface area contributed by atoms with Gasteiger partial charge in [0, 0.05) is 12.7 Å². The SMILES string of the molecule is CSCCCCCNc1nccc(C(N)=S)n1. The lowest BCUT2D eigenvalue weighted by Crippen LogP contribution is -2.14. The van der Waals surface area contributed by atoms with Gasteiger partial charge in [-0.25, -0.2) is 9.97 Å². The minimum absolute atomic E-state index is 0.301. The zero-order valence-electron chi connectivity index (χ0n) is 9.98. The minimum atomic E-state index is 0.301. The summed E-state index contributed by atoms with van der Waals surface area (Å²) in [6, 6.07) is 1.71. The second-order valence-corrected chi connectivity index (χ2v) is 5.04. The molecule has 0 saturated carbocycles. The molecule has 0 fully saturated rings. The molecule has 17 heavy (non-hydrogen) atoms. The molecule has 0 saturated heterocycles. The standard InChI is InChI=1S/C11H18N4S2/c1-17-8-4-2-3-6-13-11-14-7-5-9(15-11)10(12)16/h5,7H,2-4,6,8H2,1H3,(H2,12,16)(H,13,14,15). The molecule has 1 rings (SSSR count). The van der Waals surface area contributed by atoms with Crippen LogP contribution in [0.3, 0.4) is 0 Å². The van der Waals surface area contributed by atoms with E-state index >= 15 is 0 Å². The van der Waals surface area contributed by atoms with Crippen LogP contribution in [0.15, 0.2) is 12.3 Å². The Morgan fingerprint density at radius 2 is 2.29 bits per heavy atom. The first-order valence-electron chi connectivity index (χ1n) is 5.59. The molecule has 0 bridgehead atoms. The molecule has 0 radical (unpaired) electrons. The maximum absolute atomic E-state index is 5.50. The Morgan fingerprint density at radius 1 is 1.47 bits per heavy atom. The average molecular weight is 270 g/mol. The third kappa shape index (κ3) is 5.83. The summed E-state index contributed by atoms with van der Waals surface area (Å²) in [6.45, 7) is 0.884. The smallest absolute Gasteiger partial charge is 0.223 e. The van der Waals surface area contributed by atoms with E-state index in [4.69, 9.17) is 18.0 Å². The van der Waals surface area contributed by atoms with Crippen molar-refractivity contribution in [2.24, 2.45) is 5.73 Å². The van der Waals surface area contributed by atoms with E-state index in [9.17, 15) is 0 Å². The highest BCUT2D eigenvalue weighted by Gasteiger charge is 2.00. The Balaban J connectivity index is 2.27. The van der Waals surface area contributed by atoms with Crippen LogP contribution >= 0.6 is 24.0 Å². The molecule has 3 N–H and O–H groups in total. The van der Waals surface area contributed by atoms with Crippen molar-refractivity contribution in [3.63, 3.8) is 0 Å². The summed E-state index contributed by atoms with van der Waals surface area (Å²) in [5.74, 6) is 1.83. The van der Waals surface area contributed by atoms with Gasteiger partial charge in [-0.3, -0.25) is 0 Å². The number of rotatable bonds is 8. The van der Waals surface area contributed by atoms with Crippen molar-refractivity contribution in [1.82, 2.24) is 9.97 Å². The quantitative estimate of drug-likeness (QED) is 0.557. The zero-order valence-corrected chi connectivity index (χ0v) is 11.6. The lowest BCUT2D eigenvalue weighted by atomic mass is 10.2. The van der Waals surface area contributed by atoms with Gasteiger partial charge in [-0.1, -0.05) is 18.6 Å². The third-order valence-electron chi connectivity index (χ3n) is 2.22. The van der Waals surface area contributed by atoms with Gasteiger partial charge in [0.2, 0.25) is 5.95 Å². The van der Waals surface area contributed by atoms with Crippen molar-refractivity contribution in [3.8, 4) is 0 Å². The Hall–Kier alpha value is -0.880. The van der Waals surface area contributed by atoms with Gasteiger partial charge in [-0.2, -0.15) is 11.8 Å². The fourth-order valence-corrected chi connectivity index (χ4v) is 1.94. The van der Waals surface area contributed by atoms with Gasteiger partial charge in [-0.05, 0) is 30.9 Å². The highest BCUT2D eigenvalue weighted by molar-refractivity contribution is 7.98. The summed E-state index contributed by atoms with van der Waals surface area (Å²) in [5, 5.41) is 3.17. The molecule has 0 aromatic carbocycles. The van der Waals surface area contributed by atoms with Crippen molar-refractivity contribution >= 4 is 34.9 Å². The summed E-state index contributed by atoms with van der Waals surface area (Å²) in [6.07, 6.45) is 7.41. The fourth-order valence-electron chi connectivity index (χ4n) is 1.33. The second kappa shape index (κ2) is 8.25. The van der Waals surface area contributed by atoms with Gasteiger partial charge in [0.15, 0.2) is 0 Å². The molecule has 0 aliphatic rings. The fraction of sp³-hybridized carbons (Fsp3) is 0.545. The minimum Gasteiger partial charge on any atom is -0.388 e. The van der Waals surface area contributed by atoms with Crippen LogP contribution in [-0.4, -0.2) is 33.5 Å². The number of thioether (sulfide) groups is 1. The van der Waals surface area contributed by atoms with Crippen molar-refractivity contribution < 1.29 is 0 Å². The van der Waals surface area contributed by atoms with Gasteiger partial charge >= 0.3 is 0 Å². The lowest BCUT2D eigenvalue weighted by Gasteiger charge is -2.05. The third-order valence-corrected chi connectivity index (χ3v) is 3.12. The van der Waals surface area contributed by atoms with Gasteiger partial charge in [0.05, 0.1) is 0 Å². The highest BCUT2D eigenvalue weighted by Crippen LogP contribution is 2.04. The first-order chi connectivity index (χ1) is 8.24. The molecule has 0 aliphatic carbocycles. The molecular formula is C11H18N4S2. The van der Waals surface area contributed by atoms with E-state index in [1.807, 2.05) is 11.8 Å². The number of hydrogen-bond acceptors (Lipinski definition) is 5. The molecule has 1 heterocycles. The Morgan fingerprint density at radius 3 is 3.00 bits per heavy atom. The van der Waals surface area contributed by atoms with Crippen molar-refractivity contribution in [2.75, 3.05) is 23.9 Å². The molecule has 1 aromatic rings. The summed E-state index contributed by atoms with van der Waals surface area (Å²) in [5.41, 5.74) is 6.11. The lowest BCUT2D eigenvalue weighted by molar-refractivity contribution is 0.746. The first-order valence-corrected chi connectivity index (χ1v) is 7.40. The Bertz CT molecular complexity index is 357. The molecule has 0 unspecified atom stereocenters. The zero-order chi connectivity index (χ0) is 12.5. The molecular weight excluding hydrogens is 252 g/mol. The molecule has 0 aliphatic heterocycles. The topological polar surface area (TPSA) is 63.8 Å². The number of hydrogen-bond donors (Lipinski definition) is 2. The number of thiocarbonyl (C=S) groups is 1. The molecule has 0 spiro atoms. The van der Waals surface area contributed by atoms with Crippen LogP contribution in [0.5, 0.6) is 0 Å². The van der Waals surface area contributed by atoms with E-state index in [2.05, 4.69) is 21.5 Å². The number of nitrogens with two attached hydrogens (primary N) is 1. The number of nitrogens with one attached hydrogen (secondary N) is 1. The largest absolute Gasteiger partial charge is 0.388 e. The summed E-state index contributed by atoms with van der Waals surface area (Å²) >= 11 is 6.75. The monoisotopic (exact) mass is 270 g/mol. The molecule has 0 amide bonds. The van der Waals surface area contributed by atoms with Gasteiger partial charge in [0.25, 0.3) is 0 Å². The van der Waals surface area contributed by atoms with E-state index in [-0.39, 0.29) is 0 Å². The molecule has 6 heteroatoms. The number of anilines is 1. The molecule has 94 valence electrons. The number of nitrogens with zero attached hydrogens (tertiary/aromatic N) is 2. The summed E-state index contributed by atoms with van der Waals surface area (Å²) in [4.78, 5) is 8.63. The predicted molar refractivity (Wildman–Crippen MR) is 78.6 cm³/mol. The van der Waals surface area contributed by atoms with Crippen LogP contribution in [0.1, 0.15) is 25.0 Å². The van der Waals surface area contributed by atoms with Crippen molar-refractivity contribution in [1.29, 1.82) is 0 Å². The first kappa shape index (κ1) is 14.2. The van der Waals surface area contributed by atoms with E-state index in [1.54, 1.807) is 12.3 Å². The van der Waals surface area contributed by atoms with Crippen LogP contribution in [0.4, 0.5) is 5.95 Å². The highest BCUT2D eigenvalue weighted by atomic mass is 32.2. The maximum atomic E-state index is 5.50. The van der Waals surface area contributed by atoms with Gasteiger partial charge in [0.1, 0.15) is 10.7 Å². The molecule has 4 nitrogen and oxygen atoms in total. The maximum Gasteiger partial charge on any atom is 0.223 e. The Kier molecular flexibility index (Phi) is 6.88. The van der Waals surface area contributed by atoms with Crippen LogP contribution in [0, 0.1) is 0 Å². The van der Waals surface area contributed by atoms with Crippen LogP contribution in [-0.2, 0) is 0 Å². The Labute approximate surface area is 112 Å². The predicted octanol–water partition coefficient (Wildman–Crippen LogP) is 2.06.